The number of pyridine rings is 1. The van der Waals surface area contributed by atoms with E-state index in [0.29, 0.717) is 5.56 Å². The zero-order chi connectivity index (χ0) is 14.5. The number of rotatable bonds is 5. The summed E-state index contributed by atoms with van der Waals surface area (Å²) in [5, 5.41) is 3.28. The number of nitrogens with zero attached hydrogens (tertiary/aromatic N) is 1. The first kappa shape index (κ1) is 14.6. The zero-order valence-corrected chi connectivity index (χ0v) is 11.7. The van der Waals surface area contributed by atoms with Crippen molar-refractivity contribution in [3.63, 3.8) is 0 Å². The molecule has 20 heavy (non-hydrogen) atoms. The molecule has 0 saturated carbocycles. The largest absolute Gasteiger partial charge is 0.306 e. The number of nitrogens with one attached hydrogen (secondary N) is 1. The second kappa shape index (κ2) is 6.57. The van der Waals surface area contributed by atoms with Crippen LogP contribution >= 0.6 is 0 Å². The van der Waals surface area contributed by atoms with Crippen LogP contribution in [0.1, 0.15) is 36.1 Å². The van der Waals surface area contributed by atoms with Crippen LogP contribution in [0.3, 0.4) is 0 Å². The van der Waals surface area contributed by atoms with Gasteiger partial charge in [-0.15, -0.1) is 0 Å². The van der Waals surface area contributed by atoms with Crippen LogP contribution in [0.2, 0.25) is 0 Å². The number of halogens is 2. The SMILES string of the molecule is CCCNC(c1ccncc1C)c1cc(F)ccc1F. The van der Waals surface area contributed by atoms with E-state index in [1.54, 1.807) is 12.4 Å². The van der Waals surface area contributed by atoms with Crippen molar-refractivity contribution in [2.45, 2.75) is 26.3 Å². The van der Waals surface area contributed by atoms with E-state index in [-0.39, 0.29) is 6.04 Å². The Bertz CT molecular complexity index is 584. The van der Waals surface area contributed by atoms with Gasteiger partial charge in [-0.1, -0.05) is 6.92 Å². The third-order valence-corrected chi connectivity index (χ3v) is 3.24. The molecular weight excluding hydrogens is 258 g/mol. The van der Waals surface area contributed by atoms with E-state index in [9.17, 15) is 8.78 Å². The van der Waals surface area contributed by atoms with Gasteiger partial charge in [-0.05, 0) is 55.3 Å². The molecule has 2 aromatic rings. The molecule has 106 valence electrons. The Labute approximate surface area is 117 Å². The van der Waals surface area contributed by atoms with Crippen molar-refractivity contribution in [2.75, 3.05) is 6.54 Å². The molecule has 1 unspecified atom stereocenters. The van der Waals surface area contributed by atoms with Crippen molar-refractivity contribution in [1.82, 2.24) is 10.3 Å². The Balaban J connectivity index is 2.47. The van der Waals surface area contributed by atoms with E-state index in [0.717, 1.165) is 30.2 Å². The predicted molar refractivity (Wildman–Crippen MR) is 75.5 cm³/mol. The van der Waals surface area contributed by atoms with Gasteiger partial charge in [0.05, 0.1) is 6.04 Å². The highest BCUT2D eigenvalue weighted by molar-refractivity contribution is 5.36. The molecule has 0 bridgehead atoms. The van der Waals surface area contributed by atoms with Crippen LogP contribution in [-0.2, 0) is 0 Å². The summed E-state index contributed by atoms with van der Waals surface area (Å²) in [7, 11) is 0. The molecule has 1 atom stereocenters. The summed E-state index contributed by atoms with van der Waals surface area (Å²) < 4.78 is 27.5. The maximum absolute atomic E-state index is 14.0. The minimum absolute atomic E-state index is 0.327. The van der Waals surface area contributed by atoms with E-state index in [1.165, 1.54) is 12.1 Å². The average molecular weight is 276 g/mol. The van der Waals surface area contributed by atoms with Gasteiger partial charge < -0.3 is 5.32 Å². The molecule has 0 aliphatic heterocycles. The van der Waals surface area contributed by atoms with Gasteiger partial charge >= 0.3 is 0 Å². The fourth-order valence-electron chi connectivity index (χ4n) is 2.22. The summed E-state index contributed by atoms with van der Waals surface area (Å²) in [6.07, 6.45) is 4.31. The molecule has 2 nitrogen and oxygen atoms in total. The van der Waals surface area contributed by atoms with Crippen LogP contribution < -0.4 is 5.32 Å². The Morgan fingerprint density at radius 1 is 1.20 bits per heavy atom. The maximum atomic E-state index is 14.0. The maximum Gasteiger partial charge on any atom is 0.128 e. The lowest BCUT2D eigenvalue weighted by Crippen LogP contribution is -2.25. The minimum atomic E-state index is -0.434. The molecule has 2 rings (SSSR count). The molecule has 1 aromatic heterocycles. The molecule has 0 fully saturated rings. The molecule has 1 heterocycles. The number of hydrogen-bond donors (Lipinski definition) is 1. The van der Waals surface area contributed by atoms with Crippen molar-refractivity contribution < 1.29 is 8.78 Å². The first-order valence-corrected chi connectivity index (χ1v) is 6.72. The first-order valence-electron chi connectivity index (χ1n) is 6.72. The van der Waals surface area contributed by atoms with Gasteiger partial charge in [-0.25, -0.2) is 8.78 Å². The van der Waals surface area contributed by atoms with Crippen LogP contribution in [0.5, 0.6) is 0 Å². The van der Waals surface area contributed by atoms with Crippen molar-refractivity contribution in [3.05, 3.63) is 65.0 Å². The number of benzene rings is 1. The molecule has 1 aromatic carbocycles. The molecule has 0 saturated heterocycles. The minimum Gasteiger partial charge on any atom is -0.306 e. The summed E-state index contributed by atoms with van der Waals surface area (Å²) in [4.78, 5) is 4.05. The second-order valence-electron chi connectivity index (χ2n) is 4.79. The van der Waals surface area contributed by atoms with Crippen molar-refractivity contribution in [1.29, 1.82) is 0 Å². The standard InChI is InChI=1S/C16H18F2N2/c1-3-7-20-16(13-6-8-19-10-11(13)2)14-9-12(17)4-5-15(14)18/h4-6,8-10,16,20H,3,7H2,1-2H3. The second-order valence-corrected chi connectivity index (χ2v) is 4.79. The van der Waals surface area contributed by atoms with Gasteiger partial charge in [0.25, 0.3) is 0 Å². The third-order valence-electron chi connectivity index (χ3n) is 3.24. The number of hydrogen-bond acceptors (Lipinski definition) is 2. The van der Waals surface area contributed by atoms with Crippen LogP contribution in [0.15, 0.2) is 36.7 Å². The lowest BCUT2D eigenvalue weighted by Gasteiger charge is -2.21. The lowest BCUT2D eigenvalue weighted by molar-refractivity contribution is 0.534. The Morgan fingerprint density at radius 3 is 2.70 bits per heavy atom. The van der Waals surface area contributed by atoms with Crippen molar-refractivity contribution >= 4 is 0 Å². The fourth-order valence-corrected chi connectivity index (χ4v) is 2.22. The highest BCUT2D eigenvalue weighted by Gasteiger charge is 2.19. The molecular formula is C16H18F2N2. The van der Waals surface area contributed by atoms with Crippen molar-refractivity contribution in [3.8, 4) is 0 Å². The average Bonchev–Trinajstić information content (AvgIpc) is 2.44. The van der Waals surface area contributed by atoms with E-state index < -0.39 is 11.6 Å². The lowest BCUT2D eigenvalue weighted by atomic mass is 9.95. The highest BCUT2D eigenvalue weighted by Crippen LogP contribution is 2.27. The van der Waals surface area contributed by atoms with Gasteiger partial charge in [0.15, 0.2) is 0 Å². The first-order chi connectivity index (χ1) is 9.63. The highest BCUT2D eigenvalue weighted by atomic mass is 19.1. The molecule has 4 heteroatoms. The van der Waals surface area contributed by atoms with Crippen LogP contribution in [0, 0.1) is 18.6 Å². The summed E-state index contributed by atoms with van der Waals surface area (Å²) in [6, 6.07) is 5.03. The van der Waals surface area contributed by atoms with Crippen LogP contribution in [0.25, 0.3) is 0 Å². The van der Waals surface area contributed by atoms with Crippen LogP contribution in [-0.4, -0.2) is 11.5 Å². The van der Waals surface area contributed by atoms with Gasteiger partial charge in [0.1, 0.15) is 11.6 Å². The quantitative estimate of drug-likeness (QED) is 0.899. The Morgan fingerprint density at radius 2 is 2.00 bits per heavy atom. The van der Waals surface area contributed by atoms with Gasteiger partial charge in [0, 0.05) is 18.0 Å². The molecule has 0 spiro atoms. The summed E-state index contributed by atoms with van der Waals surface area (Å²) in [6.45, 7) is 4.67. The Kier molecular flexibility index (Phi) is 4.79. The van der Waals surface area contributed by atoms with Crippen molar-refractivity contribution in [2.24, 2.45) is 0 Å². The fraction of sp³-hybridized carbons (Fsp3) is 0.312. The van der Waals surface area contributed by atoms with Gasteiger partial charge in [-0.2, -0.15) is 0 Å². The molecule has 0 radical (unpaired) electrons. The number of aryl methyl sites for hydroxylation is 1. The van der Waals surface area contributed by atoms with E-state index >= 15 is 0 Å². The predicted octanol–water partition coefficient (Wildman–Crippen LogP) is 3.76. The van der Waals surface area contributed by atoms with E-state index in [2.05, 4.69) is 10.3 Å². The van der Waals surface area contributed by atoms with E-state index in [4.69, 9.17) is 0 Å². The topological polar surface area (TPSA) is 24.9 Å². The third kappa shape index (κ3) is 3.20. The summed E-state index contributed by atoms with van der Waals surface area (Å²) in [5.41, 5.74) is 2.19. The molecule has 0 amide bonds. The normalized spacial score (nSPS) is 12.4. The zero-order valence-electron chi connectivity index (χ0n) is 11.7. The van der Waals surface area contributed by atoms with E-state index in [1.807, 2.05) is 19.9 Å². The Hall–Kier alpha value is -1.81. The summed E-state index contributed by atoms with van der Waals surface area (Å²) >= 11 is 0. The monoisotopic (exact) mass is 276 g/mol. The van der Waals surface area contributed by atoms with Gasteiger partial charge in [0.2, 0.25) is 0 Å². The molecule has 0 aliphatic carbocycles. The van der Waals surface area contributed by atoms with Gasteiger partial charge in [-0.3, -0.25) is 4.98 Å². The summed E-state index contributed by atoms with van der Waals surface area (Å²) in [5.74, 6) is -0.840. The number of aromatic nitrogens is 1. The smallest absolute Gasteiger partial charge is 0.128 e. The molecule has 0 aliphatic rings. The van der Waals surface area contributed by atoms with Crippen LogP contribution in [0.4, 0.5) is 8.78 Å². The molecule has 1 N–H and O–H groups in total.